The lowest BCUT2D eigenvalue weighted by atomic mass is 10.2. The molecule has 1 unspecified atom stereocenters. The summed E-state index contributed by atoms with van der Waals surface area (Å²) in [6, 6.07) is 0. The van der Waals surface area contributed by atoms with Crippen LogP contribution in [0, 0.1) is 0 Å². The van der Waals surface area contributed by atoms with E-state index in [1.807, 2.05) is 6.26 Å². The van der Waals surface area contributed by atoms with Crippen molar-refractivity contribution in [2.24, 2.45) is 0 Å². The van der Waals surface area contributed by atoms with Gasteiger partial charge in [-0.05, 0) is 38.2 Å². The van der Waals surface area contributed by atoms with Gasteiger partial charge in [0.05, 0.1) is 12.5 Å². The molecule has 1 rings (SSSR count). The molecule has 0 N–H and O–H groups in total. The Morgan fingerprint density at radius 1 is 1.47 bits per heavy atom. The lowest BCUT2D eigenvalue weighted by molar-refractivity contribution is 0.0631. The molecular weight excluding hydrogens is 204 g/mol. The quantitative estimate of drug-likeness (QED) is 0.378. The van der Waals surface area contributed by atoms with Crippen molar-refractivity contribution in [2.45, 2.75) is 51.2 Å². The summed E-state index contributed by atoms with van der Waals surface area (Å²) < 4.78 is 11.2. The van der Waals surface area contributed by atoms with E-state index in [-0.39, 0.29) is 9.52 Å². The molecule has 0 aliphatic carbocycles. The van der Waals surface area contributed by atoms with E-state index in [1.165, 1.54) is 32.1 Å². The topological polar surface area (TPSA) is 18.5 Å². The Bertz CT molecular complexity index is 165. The van der Waals surface area contributed by atoms with Crippen LogP contribution in [-0.4, -0.2) is 28.1 Å². The molecule has 1 saturated heterocycles. The van der Waals surface area contributed by atoms with E-state index >= 15 is 0 Å². The molecule has 0 saturated carbocycles. The molecule has 0 radical (unpaired) electrons. The van der Waals surface area contributed by atoms with E-state index in [2.05, 4.69) is 13.0 Å². The van der Waals surface area contributed by atoms with Crippen molar-refractivity contribution in [1.29, 1.82) is 0 Å². The predicted octanol–water partition coefficient (Wildman–Crippen LogP) is 2.36. The monoisotopic (exact) mass is 228 g/mol. The van der Waals surface area contributed by atoms with Gasteiger partial charge in [0.15, 0.2) is 0 Å². The highest BCUT2D eigenvalue weighted by Gasteiger charge is 2.13. The van der Waals surface area contributed by atoms with Crippen molar-refractivity contribution in [1.82, 2.24) is 0 Å². The van der Waals surface area contributed by atoms with Crippen LogP contribution in [0.25, 0.3) is 0 Å². The summed E-state index contributed by atoms with van der Waals surface area (Å²) in [6.07, 6.45) is 12.5. The first-order chi connectivity index (χ1) is 7.43. The van der Waals surface area contributed by atoms with Crippen molar-refractivity contribution in [3.05, 3.63) is 12.3 Å². The zero-order valence-electron chi connectivity index (χ0n) is 9.91. The van der Waals surface area contributed by atoms with Crippen LogP contribution < -0.4 is 0 Å². The van der Waals surface area contributed by atoms with E-state index in [4.69, 9.17) is 9.47 Å². The SMILES string of the molecule is CCCCC=COC[SiH2]C1CCCCO1. The van der Waals surface area contributed by atoms with Crippen molar-refractivity contribution < 1.29 is 9.47 Å². The summed E-state index contributed by atoms with van der Waals surface area (Å²) >= 11 is 0. The summed E-state index contributed by atoms with van der Waals surface area (Å²) in [7, 11) is -0.170. The third-order valence-corrected chi connectivity index (χ3v) is 4.51. The Labute approximate surface area is 95.9 Å². The van der Waals surface area contributed by atoms with Crippen molar-refractivity contribution >= 4 is 9.52 Å². The minimum absolute atomic E-state index is 0.170. The van der Waals surface area contributed by atoms with Gasteiger partial charge >= 0.3 is 0 Å². The fourth-order valence-electron chi connectivity index (χ4n) is 1.76. The first kappa shape index (κ1) is 12.8. The maximum atomic E-state index is 5.68. The van der Waals surface area contributed by atoms with Crippen LogP contribution in [0.3, 0.4) is 0 Å². The highest BCUT2D eigenvalue weighted by Crippen LogP contribution is 2.11. The maximum absolute atomic E-state index is 5.68. The summed E-state index contributed by atoms with van der Waals surface area (Å²) in [5.41, 5.74) is 0.586. The van der Waals surface area contributed by atoms with Crippen LogP contribution in [0.15, 0.2) is 12.3 Å². The molecule has 0 aromatic rings. The standard InChI is InChI=1S/C12H24O2Si/c1-2-3-4-6-9-13-11-15-12-8-5-7-10-14-12/h6,9,12H,2-5,7-8,10-11,15H2,1H3. The lowest BCUT2D eigenvalue weighted by Gasteiger charge is -2.21. The first-order valence-electron chi connectivity index (χ1n) is 6.31. The van der Waals surface area contributed by atoms with E-state index in [9.17, 15) is 0 Å². The zero-order valence-corrected chi connectivity index (χ0v) is 11.3. The van der Waals surface area contributed by atoms with Crippen LogP contribution >= 0.6 is 0 Å². The zero-order chi connectivity index (χ0) is 10.8. The van der Waals surface area contributed by atoms with Gasteiger partial charge in [-0.15, -0.1) is 0 Å². The molecule has 15 heavy (non-hydrogen) atoms. The second kappa shape index (κ2) is 8.98. The lowest BCUT2D eigenvalue weighted by Crippen LogP contribution is -2.28. The van der Waals surface area contributed by atoms with Gasteiger partial charge in [-0.2, -0.15) is 0 Å². The Morgan fingerprint density at radius 3 is 3.13 bits per heavy atom. The average Bonchev–Trinajstić information content (AvgIpc) is 2.29. The average molecular weight is 228 g/mol. The highest BCUT2D eigenvalue weighted by atomic mass is 28.2. The predicted molar refractivity (Wildman–Crippen MR) is 66.8 cm³/mol. The van der Waals surface area contributed by atoms with Crippen molar-refractivity contribution in [3.63, 3.8) is 0 Å². The molecule has 1 heterocycles. The Balaban J connectivity index is 1.89. The van der Waals surface area contributed by atoms with Gasteiger partial charge in [-0.25, -0.2) is 0 Å². The number of hydrogen-bond acceptors (Lipinski definition) is 2. The van der Waals surface area contributed by atoms with Gasteiger partial charge in [0.25, 0.3) is 0 Å². The summed E-state index contributed by atoms with van der Waals surface area (Å²) in [6.45, 7) is 3.19. The molecule has 2 nitrogen and oxygen atoms in total. The summed E-state index contributed by atoms with van der Waals surface area (Å²) in [5.74, 6) is 0. The van der Waals surface area contributed by atoms with Gasteiger partial charge in [0, 0.05) is 12.3 Å². The van der Waals surface area contributed by atoms with Gasteiger partial charge in [-0.1, -0.05) is 13.3 Å². The smallest absolute Gasteiger partial charge is 0.101 e. The van der Waals surface area contributed by atoms with E-state index in [0.29, 0.717) is 5.73 Å². The summed E-state index contributed by atoms with van der Waals surface area (Å²) in [4.78, 5) is 0. The molecule has 0 aromatic carbocycles. The van der Waals surface area contributed by atoms with Gasteiger partial charge < -0.3 is 9.47 Å². The van der Waals surface area contributed by atoms with Crippen molar-refractivity contribution in [2.75, 3.05) is 12.8 Å². The third kappa shape index (κ3) is 6.74. The minimum Gasteiger partial charge on any atom is -0.506 e. The minimum atomic E-state index is -0.170. The fraction of sp³-hybridized carbons (Fsp3) is 0.833. The van der Waals surface area contributed by atoms with E-state index in [1.54, 1.807) is 0 Å². The molecule has 0 spiro atoms. The van der Waals surface area contributed by atoms with Crippen molar-refractivity contribution in [3.8, 4) is 0 Å². The molecule has 3 heteroatoms. The van der Waals surface area contributed by atoms with Crippen LogP contribution in [0.2, 0.25) is 0 Å². The number of allylic oxidation sites excluding steroid dienone is 1. The molecule has 0 amide bonds. The highest BCUT2D eigenvalue weighted by molar-refractivity contribution is 6.37. The third-order valence-electron chi connectivity index (χ3n) is 2.75. The molecule has 1 fully saturated rings. The number of ether oxygens (including phenoxy) is 2. The van der Waals surface area contributed by atoms with Gasteiger partial charge in [0.2, 0.25) is 0 Å². The Kier molecular flexibility index (Phi) is 7.65. The number of rotatable bonds is 7. The van der Waals surface area contributed by atoms with Crippen LogP contribution in [0.5, 0.6) is 0 Å². The Morgan fingerprint density at radius 2 is 2.40 bits per heavy atom. The molecule has 0 aromatic heterocycles. The maximum Gasteiger partial charge on any atom is 0.101 e. The molecule has 88 valence electrons. The van der Waals surface area contributed by atoms with Gasteiger partial charge in [-0.3, -0.25) is 0 Å². The fourth-order valence-corrected chi connectivity index (χ4v) is 3.21. The Hall–Kier alpha value is -0.283. The molecule has 1 aliphatic rings. The van der Waals surface area contributed by atoms with Crippen LogP contribution in [-0.2, 0) is 9.47 Å². The number of unbranched alkanes of at least 4 members (excludes halogenated alkanes) is 2. The molecule has 0 bridgehead atoms. The van der Waals surface area contributed by atoms with Gasteiger partial charge in [0.1, 0.15) is 9.52 Å². The second-order valence-corrected chi connectivity index (χ2v) is 6.06. The van der Waals surface area contributed by atoms with Crippen LogP contribution in [0.1, 0.15) is 45.4 Å². The van der Waals surface area contributed by atoms with E-state index < -0.39 is 0 Å². The normalized spacial score (nSPS) is 22.9. The molecule has 1 atom stereocenters. The summed E-state index contributed by atoms with van der Waals surface area (Å²) in [5, 5.41) is 0. The molecular formula is C12H24O2Si. The molecule has 1 aliphatic heterocycles. The van der Waals surface area contributed by atoms with E-state index in [0.717, 1.165) is 19.3 Å². The second-order valence-electron chi connectivity index (χ2n) is 4.16. The van der Waals surface area contributed by atoms with Crippen LogP contribution in [0.4, 0.5) is 0 Å². The number of hydrogen-bond donors (Lipinski definition) is 0. The first-order valence-corrected chi connectivity index (χ1v) is 8.13. The largest absolute Gasteiger partial charge is 0.506 e.